The van der Waals surface area contributed by atoms with Gasteiger partial charge in [0.15, 0.2) is 0 Å². The van der Waals surface area contributed by atoms with Gasteiger partial charge in [0.1, 0.15) is 10.7 Å². The summed E-state index contributed by atoms with van der Waals surface area (Å²) in [6.07, 6.45) is 0.949. The summed E-state index contributed by atoms with van der Waals surface area (Å²) in [5.41, 5.74) is 6.05. The molecule has 1 aromatic carbocycles. The summed E-state index contributed by atoms with van der Waals surface area (Å²) in [5, 5.41) is 0. The fourth-order valence-electron chi connectivity index (χ4n) is 2.38. The molecule has 7 heteroatoms. The zero-order valence-electron chi connectivity index (χ0n) is 11.5. The van der Waals surface area contributed by atoms with Crippen molar-refractivity contribution in [3.63, 3.8) is 0 Å². The van der Waals surface area contributed by atoms with E-state index >= 15 is 0 Å². The van der Waals surface area contributed by atoms with Crippen LogP contribution in [0.1, 0.15) is 12.0 Å². The van der Waals surface area contributed by atoms with E-state index in [2.05, 4.69) is 9.62 Å². The molecule has 1 heterocycles. The molecule has 1 fully saturated rings. The van der Waals surface area contributed by atoms with E-state index in [1.807, 2.05) is 7.05 Å². The van der Waals surface area contributed by atoms with Crippen LogP contribution in [0.15, 0.2) is 23.1 Å². The van der Waals surface area contributed by atoms with Gasteiger partial charge in [-0.25, -0.2) is 17.5 Å². The third-order valence-electron chi connectivity index (χ3n) is 3.57. The second-order valence-electron chi connectivity index (χ2n) is 5.24. The number of nitrogens with two attached hydrogens (primary N) is 1. The Hall–Kier alpha value is -1.02. The van der Waals surface area contributed by atoms with E-state index in [9.17, 15) is 12.8 Å². The molecule has 20 heavy (non-hydrogen) atoms. The molecular weight excluding hydrogens is 281 g/mol. The van der Waals surface area contributed by atoms with Gasteiger partial charge < -0.3 is 10.6 Å². The van der Waals surface area contributed by atoms with Crippen LogP contribution < -0.4 is 10.5 Å². The molecular formula is C13H20FN3O2S. The summed E-state index contributed by atoms with van der Waals surface area (Å²) in [6, 6.07) is 3.92. The van der Waals surface area contributed by atoms with E-state index in [-0.39, 0.29) is 17.4 Å². The van der Waals surface area contributed by atoms with Gasteiger partial charge in [-0.15, -0.1) is 0 Å². The molecule has 0 amide bonds. The van der Waals surface area contributed by atoms with E-state index in [4.69, 9.17) is 5.73 Å². The summed E-state index contributed by atoms with van der Waals surface area (Å²) in [6.45, 7) is 2.33. The number of nitrogens with zero attached hydrogens (tertiary/aromatic N) is 1. The van der Waals surface area contributed by atoms with Gasteiger partial charge >= 0.3 is 0 Å². The van der Waals surface area contributed by atoms with Crippen molar-refractivity contribution in [3.05, 3.63) is 29.6 Å². The zero-order chi connectivity index (χ0) is 14.8. The number of halogens is 1. The van der Waals surface area contributed by atoms with Crippen molar-refractivity contribution < 1.29 is 12.8 Å². The number of likely N-dealkylation sites (tertiary alicyclic amines) is 1. The number of hydrogen-bond donors (Lipinski definition) is 2. The molecule has 3 N–H and O–H groups in total. The van der Waals surface area contributed by atoms with E-state index in [1.54, 1.807) is 0 Å². The Morgan fingerprint density at radius 3 is 2.85 bits per heavy atom. The maximum Gasteiger partial charge on any atom is 0.243 e. The average Bonchev–Trinajstić information content (AvgIpc) is 2.83. The molecule has 0 aromatic heterocycles. The molecule has 1 aliphatic rings. The fraction of sp³-hybridized carbons (Fsp3) is 0.538. The highest BCUT2D eigenvalue weighted by molar-refractivity contribution is 7.89. The first-order valence-corrected chi connectivity index (χ1v) is 8.07. The lowest BCUT2D eigenvalue weighted by atomic mass is 10.1. The minimum atomic E-state index is -3.83. The van der Waals surface area contributed by atoms with Crippen molar-refractivity contribution in [3.8, 4) is 0 Å². The Morgan fingerprint density at radius 1 is 1.50 bits per heavy atom. The Bertz CT molecular complexity index is 577. The van der Waals surface area contributed by atoms with Crippen molar-refractivity contribution in [2.24, 2.45) is 11.7 Å². The lowest BCUT2D eigenvalue weighted by Gasteiger charge is -2.13. The highest BCUT2D eigenvalue weighted by atomic mass is 32.2. The highest BCUT2D eigenvalue weighted by Crippen LogP contribution is 2.18. The lowest BCUT2D eigenvalue weighted by molar-refractivity contribution is 0.394. The zero-order valence-corrected chi connectivity index (χ0v) is 12.3. The van der Waals surface area contributed by atoms with Gasteiger partial charge in [0.2, 0.25) is 10.0 Å². The minimum absolute atomic E-state index is 0.177. The predicted molar refractivity (Wildman–Crippen MR) is 75.1 cm³/mol. The van der Waals surface area contributed by atoms with Gasteiger partial charge in [0.05, 0.1) is 0 Å². The summed E-state index contributed by atoms with van der Waals surface area (Å²) in [5.74, 6) is -0.478. The number of hydrogen-bond acceptors (Lipinski definition) is 4. The summed E-state index contributed by atoms with van der Waals surface area (Å²) < 4.78 is 40.5. The summed E-state index contributed by atoms with van der Waals surface area (Å²) in [7, 11) is -1.83. The minimum Gasteiger partial charge on any atom is -0.326 e. The first-order chi connectivity index (χ1) is 9.42. The first kappa shape index (κ1) is 15.4. The lowest BCUT2D eigenvalue weighted by Crippen LogP contribution is -2.31. The van der Waals surface area contributed by atoms with Gasteiger partial charge in [-0.2, -0.15) is 0 Å². The van der Waals surface area contributed by atoms with Crippen LogP contribution in [-0.2, 0) is 16.6 Å². The molecule has 0 aliphatic carbocycles. The maximum atomic E-state index is 13.7. The Morgan fingerprint density at radius 2 is 2.25 bits per heavy atom. The number of rotatable bonds is 5. The van der Waals surface area contributed by atoms with Crippen LogP contribution in [0.2, 0.25) is 0 Å². The summed E-state index contributed by atoms with van der Waals surface area (Å²) >= 11 is 0. The molecule has 1 atom stereocenters. The second-order valence-corrected chi connectivity index (χ2v) is 6.97. The molecule has 2 rings (SSSR count). The molecule has 5 nitrogen and oxygen atoms in total. The third-order valence-corrected chi connectivity index (χ3v) is 5.01. The molecule has 0 bridgehead atoms. The van der Waals surface area contributed by atoms with Crippen molar-refractivity contribution >= 4 is 10.0 Å². The molecule has 0 saturated carbocycles. The van der Waals surface area contributed by atoms with Gasteiger partial charge in [0, 0.05) is 19.6 Å². The topological polar surface area (TPSA) is 75.4 Å². The van der Waals surface area contributed by atoms with Crippen molar-refractivity contribution in [2.75, 3.05) is 26.7 Å². The smallest absolute Gasteiger partial charge is 0.243 e. The van der Waals surface area contributed by atoms with E-state index in [1.165, 1.54) is 12.1 Å². The Balaban J connectivity index is 2.10. The SMILES string of the molecule is CN1CCC(CNS(=O)(=O)c2cc(CN)ccc2F)C1. The van der Waals surface area contributed by atoms with Gasteiger partial charge in [-0.3, -0.25) is 0 Å². The molecule has 1 saturated heterocycles. The van der Waals surface area contributed by atoms with Crippen LogP contribution >= 0.6 is 0 Å². The molecule has 1 aliphatic heterocycles. The normalized spacial score (nSPS) is 20.4. The number of sulfonamides is 1. The maximum absolute atomic E-state index is 13.7. The Kier molecular flexibility index (Phi) is 4.74. The van der Waals surface area contributed by atoms with Crippen molar-refractivity contribution in [1.29, 1.82) is 0 Å². The highest BCUT2D eigenvalue weighted by Gasteiger charge is 2.24. The summed E-state index contributed by atoms with van der Waals surface area (Å²) in [4.78, 5) is 1.82. The molecule has 0 radical (unpaired) electrons. The van der Waals surface area contributed by atoms with Crippen molar-refractivity contribution in [2.45, 2.75) is 17.9 Å². The van der Waals surface area contributed by atoms with Crippen LogP contribution in [0.4, 0.5) is 4.39 Å². The van der Waals surface area contributed by atoms with Gasteiger partial charge in [-0.1, -0.05) is 6.07 Å². The quantitative estimate of drug-likeness (QED) is 0.831. The van der Waals surface area contributed by atoms with Gasteiger partial charge in [-0.05, 0) is 43.6 Å². The Labute approximate surface area is 119 Å². The fourth-order valence-corrected chi connectivity index (χ4v) is 3.62. The average molecular weight is 301 g/mol. The van der Waals surface area contributed by atoms with Crippen LogP contribution in [0.3, 0.4) is 0 Å². The van der Waals surface area contributed by atoms with Crippen molar-refractivity contribution in [1.82, 2.24) is 9.62 Å². The predicted octanol–water partition coefficient (Wildman–Crippen LogP) is 0.514. The van der Waals surface area contributed by atoms with Crippen LogP contribution in [0.5, 0.6) is 0 Å². The van der Waals surface area contributed by atoms with Crippen LogP contribution in [0, 0.1) is 11.7 Å². The van der Waals surface area contributed by atoms with Gasteiger partial charge in [0.25, 0.3) is 0 Å². The largest absolute Gasteiger partial charge is 0.326 e. The second kappa shape index (κ2) is 6.17. The molecule has 112 valence electrons. The first-order valence-electron chi connectivity index (χ1n) is 6.59. The monoisotopic (exact) mass is 301 g/mol. The number of benzene rings is 1. The van der Waals surface area contributed by atoms with E-state index < -0.39 is 15.8 Å². The standard InChI is InChI=1S/C13H20FN3O2S/c1-17-5-4-11(9-17)8-16-20(18,19)13-6-10(7-15)2-3-12(13)14/h2-3,6,11,16H,4-5,7-9,15H2,1H3. The molecule has 0 spiro atoms. The molecule has 1 aromatic rings. The third kappa shape index (κ3) is 3.54. The van der Waals surface area contributed by atoms with E-state index in [0.29, 0.717) is 12.1 Å². The van der Waals surface area contributed by atoms with Crippen LogP contribution in [-0.4, -0.2) is 40.0 Å². The number of nitrogens with one attached hydrogen (secondary N) is 1. The van der Waals surface area contributed by atoms with Crippen LogP contribution in [0.25, 0.3) is 0 Å². The van der Waals surface area contributed by atoms with E-state index in [0.717, 1.165) is 25.6 Å². The molecule has 1 unspecified atom stereocenters.